The molecule has 0 saturated heterocycles. The Kier molecular flexibility index (Phi) is 2.59. The molecule has 0 fully saturated rings. The minimum atomic E-state index is -1.12. The fourth-order valence-corrected chi connectivity index (χ4v) is 0.846. The van der Waals surface area contributed by atoms with Gasteiger partial charge in [0.1, 0.15) is 0 Å². The topological polar surface area (TPSA) is 82.3 Å². The molecular weight excluding hydrogens is 172 g/mol. The average Bonchev–Trinajstić information content (AvgIpc) is 2.03. The van der Waals surface area contributed by atoms with Crippen LogP contribution in [0.1, 0.15) is 16.1 Å². The van der Waals surface area contributed by atoms with Gasteiger partial charge in [0.2, 0.25) is 0 Å². The molecule has 5 nitrogen and oxygen atoms in total. The second kappa shape index (κ2) is 3.66. The van der Waals surface area contributed by atoms with Gasteiger partial charge in [0.25, 0.3) is 0 Å². The Hall–Kier alpha value is -1.91. The van der Waals surface area contributed by atoms with Crippen molar-refractivity contribution in [1.82, 2.24) is 4.98 Å². The lowest BCUT2D eigenvalue weighted by Crippen LogP contribution is -2.19. The molecule has 0 bridgehead atoms. The SMILES string of the molecule is Cc1ncccc1C(=O)OC(N)=O. The number of carbonyl (C=O) groups excluding carboxylic acids is 2. The van der Waals surface area contributed by atoms with Crippen molar-refractivity contribution in [1.29, 1.82) is 0 Å². The summed E-state index contributed by atoms with van der Waals surface area (Å²) in [6.07, 6.45) is 0.421. The highest BCUT2D eigenvalue weighted by Crippen LogP contribution is 2.04. The Balaban J connectivity index is 2.89. The number of primary amides is 1. The van der Waals surface area contributed by atoms with Crippen LogP contribution in [-0.2, 0) is 4.74 Å². The summed E-state index contributed by atoms with van der Waals surface area (Å²) in [6, 6.07) is 3.08. The zero-order valence-electron chi connectivity index (χ0n) is 6.98. The number of carbonyl (C=O) groups is 2. The van der Waals surface area contributed by atoms with Gasteiger partial charge in [0, 0.05) is 6.20 Å². The summed E-state index contributed by atoms with van der Waals surface area (Å²) in [5.74, 6) is -0.780. The van der Waals surface area contributed by atoms with Gasteiger partial charge in [0.05, 0.1) is 11.3 Å². The molecule has 0 aromatic carbocycles. The first-order valence-corrected chi connectivity index (χ1v) is 3.54. The molecule has 0 saturated carbocycles. The van der Waals surface area contributed by atoms with E-state index in [1.54, 1.807) is 13.0 Å². The number of hydrogen-bond acceptors (Lipinski definition) is 4. The highest BCUT2D eigenvalue weighted by molar-refractivity contribution is 5.96. The molecule has 0 aliphatic rings. The maximum absolute atomic E-state index is 11.1. The van der Waals surface area contributed by atoms with E-state index in [-0.39, 0.29) is 5.56 Å². The number of pyridine rings is 1. The maximum atomic E-state index is 11.1. The third kappa shape index (κ3) is 2.26. The van der Waals surface area contributed by atoms with E-state index in [0.717, 1.165) is 0 Å². The third-order valence-electron chi connectivity index (χ3n) is 1.42. The monoisotopic (exact) mass is 180 g/mol. The van der Waals surface area contributed by atoms with E-state index >= 15 is 0 Å². The minimum absolute atomic E-state index is 0.237. The van der Waals surface area contributed by atoms with Crippen LogP contribution in [0.4, 0.5) is 4.79 Å². The summed E-state index contributed by atoms with van der Waals surface area (Å²) in [5.41, 5.74) is 5.41. The van der Waals surface area contributed by atoms with Crippen molar-refractivity contribution in [3.05, 3.63) is 29.6 Å². The van der Waals surface area contributed by atoms with Crippen LogP contribution >= 0.6 is 0 Å². The Morgan fingerprint density at radius 2 is 2.23 bits per heavy atom. The lowest BCUT2D eigenvalue weighted by atomic mass is 10.2. The Bertz CT molecular complexity index is 349. The predicted molar refractivity (Wildman–Crippen MR) is 44.0 cm³/mol. The van der Waals surface area contributed by atoms with Crippen LogP contribution in [0, 0.1) is 6.92 Å². The number of nitrogens with zero attached hydrogens (tertiary/aromatic N) is 1. The van der Waals surface area contributed by atoms with Gasteiger partial charge in [-0.3, -0.25) is 4.98 Å². The smallest absolute Gasteiger partial charge is 0.373 e. The summed E-state index contributed by atoms with van der Waals surface area (Å²) >= 11 is 0. The van der Waals surface area contributed by atoms with Crippen LogP contribution in [0.2, 0.25) is 0 Å². The van der Waals surface area contributed by atoms with Crippen molar-refractivity contribution in [2.75, 3.05) is 0 Å². The zero-order valence-corrected chi connectivity index (χ0v) is 6.98. The van der Waals surface area contributed by atoms with E-state index in [9.17, 15) is 9.59 Å². The number of esters is 1. The number of hydrogen-bond donors (Lipinski definition) is 1. The van der Waals surface area contributed by atoms with Crippen molar-refractivity contribution in [2.45, 2.75) is 6.92 Å². The van der Waals surface area contributed by atoms with Gasteiger partial charge in [-0.1, -0.05) is 0 Å². The van der Waals surface area contributed by atoms with Crippen LogP contribution in [0.3, 0.4) is 0 Å². The molecule has 0 spiro atoms. The summed E-state index contributed by atoms with van der Waals surface area (Å²) in [7, 11) is 0. The molecule has 0 unspecified atom stereocenters. The first kappa shape index (κ1) is 9.18. The fraction of sp³-hybridized carbons (Fsp3) is 0.125. The summed E-state index contributed by atoms with van der Waals surface area (Å²) in [6.45, 7) is 1.64. The van der Waals surface area contributed by atoms with Crippen LogP contribution in [0.25, 0.3) is 0 Å². The van der Waals surface area contributed by atoms with Crippen LogP contribution < -0.4 is 5.73 Å². The molecule has 0 aliphatic heterocycles. The predicted octanol–water partition coefficient (Wildman–Crippen LogP) is 0.626. The van der Waals surface area contributed by atoms with Gasteiger partial charge in [-0.15, -0.1) is 0 Å². The minimum Gasteiger partial charge on any atom is -0.373 e. The molecule has 1 amide bonds. The normalized spacial score (nSPS) is 9.31. The van der Waals surface area contributed by atoms with Crippen molar-refractivity contribution in [3.63, 3.8) is 0 Å². The molecule has 5 heteroatoms. The van der Waals surface area contributed by atoms with E-state index in [1.165, 1.54) is 12.3 Å². The van der Waals surface area contributed by atoms with Crippen molar-refractivity contribution in [2.24, 2.45) is 5.73 Å². The molecule has 68 valence electrons. The molecule has 1 heterocycles. The van der Waals surface area contributed by atoms with E-state index < -0.39 is 12.1 Å². The van der Waals surface area contributed by atoms with E-state index in [0.29, 0.717) is 5.69 Å². The lowest BCUT2D eigenvalue weighted by molar-refractivity contribution is 0.0637. The van der Waals surface area contributed by atoms with E-state index in [1.807, 2.05) is 0 Å². The zero-order chi connectivity index (χ0) is 9.84. The summed E-state index contributed by atoms with van der Waals surface area (Å²) in [5, 5.41) is 0. The van der Waals surface area contributed by atoms with Gasteiger partial charge >= 0.3 is 12.1 Å². The number of aryl methyl sites for hydroxylation is 1. The number of amides is 1. The molecule has 0 radical (unpaired) electrons. The summed E-state index contributed by atoms with van der Waals surface area (Å²) < 4.78 is 4.18. The first-order valence-electron chi connectivity index (χ1n) is 3.54. The molecule has 13 heavy (non-hydrogen) atoms. The highest BCUT2D eigenvalue weighted by atomic mass is 16.6. The maximum Gasteiger partial charge on any atom is 0.412 e. The Labute approximate surface area is 74.5 Å². The van der Waals surface area contributed by atoms with Crippen LogP contribution in [-0.4, -0.2) is 17.0 Å². The first-order chi connectivity index (χ1) is 6.11. The average molecular weight is 180 g/mol. The second-order valence-electron chi connectivity index (χ2n) is 2.34. The fourth-order valence-electron chi connectivity index (χ4n) is 0.846. The molecule has 2 N–H and O–H groups in total. The molecule has 1 rings (SSSR count). The van der Waals surface area contributed by atoms with Gasteiger partial charge in [-0.25, -0.2) is 9.59 Å². The van der Waals surface area contributed by atoms with Gasteiger partial charge in [-0.05, 0) is 19.1 Å². The van der Waals surface area contributed by atoms with E-state index in [4.69, 9.17) is 0 Å². The number of aromatic nitrogens is 1. The second-order valence-corrected chi connectivity index (χ2v) is 2.34. The number of rotatable bonds is 1. The van der Waals surface area contributed by atoms with Gasteiger partial charge in [0.15, 0.2) is 0 Å². The highest BCUT2D eigenvalue weighted by Gasteiger charge is 2.12. The van der Waals surface area contributed by atoms with Crippen molar-refractivity contribution < 1.29 is 14.3 Å². The summed E-state index contributed by atoms with van der Waals surface area (Å²) in [4.78, 5) is 25.2. The molecule has 0 aliphatic carbocycles. The largest absolute Gasteiger partial charge is 0.412 e. The quantitative estimate of drug-likeness (QED) is 0.507. The van der Waals surface area contributed by atoms with Gasteiger partial charge in [-0.2, -0.15) is 0 Å². The van der Waals surface area contributed by atoms with Crippen molar-refractivity contribution >= 4 is 12.1 Å². The Morgan fingerprint density at radius 1 is 1.54 bits per heavy atom. The molecule has 1 aromatic rings. The molecule has 0 atom stereocenters. The molecular formula is C8H8N2O3. The van der Waals surface area contributed by atoms with Gasteiger partial charge < -0.3 is 10.5 Å². The third-order valence-corrected chi connectivity index (χ3v) is 1.42. The van der Waals surface area contributed by atoms with Crippen LogP contribution in [0.15, 0.2) is 18.3 Å². The van der Waals surface area contributed by atoms with Crippen molar-refractivity contribution in [3.8, 4) is 0 Å². The number of ether oxygens (including phenoxy) is 1. The Morgan fingerprint density at radius 3 is 2.77 bits per heavy atom. The molecule has 1 aromatic heterocycles. The lowest BCUT2D eigenvalue weighted by Gasteiger charge is -2.01. The van der Waals surface area contributed by atoms with Crippen LogP contribution in [0.5, 0.6) is 0 Å². The standard InChI is InChI=1S/C8H8N2O3/c1-5-6(3-2-4-10-5)7(11)13-8(9)12/h2-4H,1H3,(H2,9,12). The van der Waals surface area contributed by atoms with E-state index in [2.05, 4.69) is 15.5 Å². The number of nitrogens with two attached hydrogens (primary N) is 1.